The van der Waals surface area contributed by atoms with E-state index in [4.69, 9.17) is 4.74 Å². The first-order valence-electron chi connectivity index (χ1n) is 7.11. The molecule has 0 spiro atoms. The third kappa shape index (κ3) is 4.16. The van der Waals surface area contributed by atoms with Crippen molar-refractivity contribution >= 4 is 24.8 Å². The molecule has 2 fully saturated rings. The molecule has 1 aromatic carbocycles. The highest BCUT2D eigenvalue weighted by atomic mass is 35.5. The van der Waals surface area contributed by atoms with Gasteiger partial charge in [0, 0.05) is 43.9 Å². The summed E-state index contributed by atoms with van der Waals surface area (Å²) in [6.07, 6.45) is 2.61. The summed E-state index contributed by atoms with van der Waals surface area (Å²) >= 11 is 0. The smallest absolute Gasteiger partial charge is 0.127 e. The van der Waals surface area contributed by atoms with Crippen molar-refractivity contribution in [3.8, 4) is 11.5 Å². The molecule has 2 aliphatic rings. The lowest BCUT2D eigenvalue weighted by Crippen LogP contribution is -2.45. The number of benzene rings is 1. The Hall–Kier alpha value is -0.680. The molecule has 3 rings (SSSR count). The summed E-state index contributed by atoms with van der Waals surface area (Å²) < 4.78 is 5.47. The summed E-state index contributed by atoms with van der Waals surface area (Å²) in [5.41, 5.74) is 1.23. The SMILES string of the molecule is COc1cc(O)ccc1[C@H](C1CC1)N1CCNCC1.Cl.Cl. The number of nitrogens with one attached hydrogen (secondary N) is 1. The monoisotopic (exact) mass is 334 g/mol. The third-order valence-electron chi connectivity index (χ3n) is 4.15. The standard InChI is InChI=1S/C15H22N2O2.2ClH/c1-19-14-10-12(18)4-5-13(14)15(11-2-3-11)17-8-6-16-7-9-17;;/h4-5,10-11,15-16,18H,2-3,6-9H2,1H3;2*1H/t15-;;/m0../s1. The van der Waals surface area contributed by atoms with E-state index < -0.39 is 0 Å². The van der Waals surface area contributed by atoms with E-state index in [0.717, 1.165) is 37.8 Å². The quantitative estimate of drug-likeness (QED) is 0.888. The number of hydrogen-bond acceptors (Lipinski definition) is 4. The molecule has 0 amide bonds. The molecule has 6 heteroatoms. The Labute approximate surface area is 138 Å². The van der Waals surface area contributed by atoms with Gasteiger partial charge in [-0.2, -0.15) is 0 Å². The maximum Gasteiger partial charge on any atom is 0.127 e. The van der Waals surface area contributed by atoms with Gasteiger partial charge in [-0.05, 0) is 24.8 Å². The molecule has 1 saturated carbocycles. The second-order valence-electron chi connectivity index (χ2n) is 5.49. The van der Waals surface area contributed by atoms with Gasteiger partial charge in [-0.25, -0.2) is 0 Å². The molecular formula is C15H24Cl2N2O2. The number of phenols is 1. The molecule has 1 atom stereocenters. The Kier molecular flexibility index (Phi) is 7.07. The van der Waals surface area contributed by atoms with Crippen molar-refractivity contribution in [1.29, 1.82) is 0 Å². The van der Waals surface area contributed by atoms with Crippen LogP contribution in [0.3, 0.4) is 0 Å². The van der Waals surface area contributed by atoms with Crippen LogP contribution < -0.4 is 10.1 Å². The van der Waals surface area contributed by atoms with Gasteiger partial charge >= 0.3 is 0 Å². The predicted molar refractivity (Wildman–Crippen MR) is 89.1 cm³/mol. The Morgan fingerprint density at radius 3 is 2.48 bits per heavy atom. The molecule has 1 aliphatic heterocycles. The first-order valence-corrected chi connectivity index (χ1v) is 7.11. The van der Waals surface area contributed by atoms with Crippen molar-refractivity contribution in [3.05, 3.63) is 23.8 Å². The lowest BCUT2D eigenvalue weighted by molar-refractivity contribution is 0.153. The number of rotatable bonds is 4. The molecule has 1 saturated heterocycles. The van der Waals surface area contributed by atoms with Crippen molar-refractivity contribution in [1.82, 2.24) is 10.2 Å². The Morgan fingerprint density at radius 1 is 1.24 bits per heavy atom. The van der Waals surface area contributed by atoms with E-state index in [1.165, 1.54) is 18.4 Å². The zero-order chi connectivity index (χ0) is 13.2. The van der Waals surface area contributed by atoms with Gasteiger partial charge in [-0.15, -0.1) is 24.8 Å². The number of aromatic hydroxyl groups is 1. The topological polar surface area (TPSA) is 44.7 Å². The number of nitrogens with zero attached hydrogens (tertiary/aromatic N) is 1. The molecule has 0 bridgehead atoms. The van der Waals surface area contributed by atoms with Gasteiger partial charge in [-0.3, -0.25) is 4.90 Å². The van der Waals surface area contributed by atoms with Crippen LogP contribution in [0.4, 0.5) is 0 Å². The molecule has 4 nitrogen and oxygen atoms in total. The Bertz CT molecular complexity index is 449. The lowest BCUT2D eigenvalue weighted by Gasteiger charge is -2.36. The maximum absolute atomic E-state index is 9.61. The van der Waals surface area contributed by atoms with Crippen LogP contribution in [0.2, 0.25) is 0 Å². The van der Waals surface area contributed by atoms with Gasteiger partial charge in [-0.1, -0.05) is 6.07 Å². The van der Waals surface area contributed by atoms with Crippen LogP contribution in [0.15, 0.2) is 18.2 Å². The number of methoxy groups -OCH3 is 1. The molecule has 0 radical (unpaired) electrons. The molecule has 0 aromatic heterocycles. The molecule has 1 heterocycles. The first-order chi connectivity index (χ1) is 9.29. The van der Waals surface area contributed by atoms with Gasteiger partial charge in [0.05, 0.1) is 7.11 Å². The average molecular weight is 335 g/mol. The van der Waals surface area contributed by atoms with Crippen LogP contribution in [0.5, 0.6) is 11.5 Å². The fraction of sp³-hybridized carbons (Fsp3) is 0.600. The largest absolute Gasteiger partial charge is 0.508 e. The van der Waals surface area contributed by atoms with Gasteiger partial charge in [0.1, 0.15) is 11.5 Å². The zero-order valence-electron chi connectivity index (χ0n) is 12.2. The molecular weight excluding hydrogens is 311 g/mol. The number of phenolic OH excluding ortho intramolecular Hbond substituents is 1. The number of ether oxygens (including phenoxy) is 1. The molecule has 120 valence electrons. The molecule has 21 heavy (non-hydrogen) atoms. The van der Waals surface area contributed by atoms with Crippen molar-refractivity contribution in [2.75, 3.05) is 33.3 Å². The van der Waals surface area contributed by atoms with Crippen LogP contribution in [0, 0.1) is 5.92 Å². The van der Waals surface area contributed by atoms with E-state index in [1.807, 2.05) is 6.07 Å². The predicted octanol–water partition coefficient (Wildman–Crippen LogP) is 2.60. The van der Waals surface area contributed by atoms with Crippen molar-refractivity contribution in [3.63, 3.8) is 0 Å². The highest BCUT2D eigenvalue weighted by Gasteiger charge is 2.38. The van der Waals surface area contributed by atoms with Gasteiger partial charge in [0.2, 0.25) is 0 Å². The summed E-state index contributed by atoms with van der Waals surface area (Å²) in [6.45, 7) is 4.30. The summed E-state index contributed by atoms with van der Waals surface area (Å²) in [4.78, 5) is 2.56. The van der Waals surface area contributed by atoms with Crippen LogP contribution in [-0.2, 0) is 0 Å². The van der Waals surface area contributed by atoms with Crippen LogP contribution >= 0.6 is 24.8 Å². The summed E-state index contributed by atoms with van der Waals surface area (Å²) in [5.74, 6) is 1.84. The summed E-state index contributed by atoms with van der Waals surface area (Å²) in [6, 6.07) is 5.97. The van der Waals surface area contributed by atoms with E-state index in [1.54, 1.807) is 19.2 Å². The van der Waals surface area contributed by atoms with Crippen molar-refractivity contribution in [2.45, 2.75) is 18.9 Å². The van der Waals surface area contributed by atoms with Gasteiger partial charge < -0.3 is 15.2 Å². The summed E-state index contributed by atoms with van der Waals surface area (Å²) in [5, 5.41) is 13.0. The van der Waals surface area contributed by atoms with Crippen LogP contribution in [0.1, 0.15) is 24.4 Å². The van der Waals surface area contributed by atoms with Crippen LogP contribution in [0.25, 0.3) is 0 Å². The van der Waals surface area contributed by atoms with Crippen LogP contribution in [-0.4, -0.2) is 43.3 Å². The maximum atomic E-state index is 9.61. The molecule has 2 N–H and O–H groups in total. The van der Waals surface area contributed by atoms with E-state index in [0.29, 0.717) is 6.04 Å². The van der Waals surface area contributed by atoms with E-state index in [-0.39, 0.29) is 30.6 Å². The zero-order valence-corrected chi connectivity index (χ0v) is 13.9. The molecule has 1 aromatic rings. The first kappa shape index (κ1) is 18.4. The fourth-order valence-corrected chi connectivity index (χ4v) is 3.07. The average Bonchev–Trinajstić information content (AvgIpc) is 3.26. The molecule has 0 unspecified atom stereocenters. The van der Waals surface area contributed by atoms with Gasteiger partial charge in [0.25, 0.3) is 0 Å². The second kappa shape index (κ2) is 8.08. The van der Waals surface area contributed by atoms with Crippen molar-refractivity contribution in [2.24, 2.45) is 5.92 Å². The second-order valence-corrected chi connectivity index (χ2v) is 5.49. The minimum atomic E-state index is 0. The number of halogens is 2. The third-order valence-corrected chi connectivity index (χ3v) is 4.15. The van der Waals surface area contributed by atoms with E-state index >= 15 is 0 Å². The van der Waals surface area contributed by atoms with Crippen molar-refractivity contribution < 1.29 is 9.84 Å². The molecule has 1 aliphatic carbocycles. The Morgan fingerprint density at radius 2 is 1.90 bits per heavy atom. The fourth-order valence-electron chi connectivity index (χ4n) is 3.07. The highest BCUT2D eigenvalue weighted by Crippen LogP contribution is 2.47. The summed E-state index contributed by atoms with van der Waals surface area (Å²) in [7, 11) is 1.68. The lowest BCUT2D eigenvalue weighted by atomic mass is 9.98. The minimum absolute atomic E-state index is 0. The normalized spacial score (nSPS) is 20.0. The Balaban J connectivity index is 0.00000110. The van der Waals surface area contributed by atoms with E-state index in [9.17, 15) is 5.11 Å². The minimum Gasteiger partial charge on any atom is -0.508 e. The van der Waals surface area contributed by atoms with E-state index in [2.05, 4.69) is 10.2 Å². The highest BCUT2D eigenvalue weighted by molar-refractivity contribution is 5.85. The number of piperazine rings is 1. The van der Waals surface area contributed by atoms with Gasteiger partial charge in [0.15, 0.2) is 0 Å². The number of hydrogen-bond donors (Lipinski definition) is 2.